The first kappa shape index (κ1) is 23.0. The summed E-state index contributed by atoms with van der Waals surface area (Å²) in [7, 11) is -3.84. The van der Waals surface area contributed by atoms with Gasteiger partial charge in [0.25, 0.3) is 10.0 Å². The first-order valence-corrected chi connectivity index (χ1v) is 12.0. The molecule has 8 heteroatoms. The van der Waals surface area contributed by atoms with Gasteiger partial charge < -0.3 is 4.74 Å². The number of benzene rings is 3. The molecule has 170 valence electrons. The highest BCUT2D eigenvalue weighted by Crippen LogP contribution is 2.25. The predicted octanol–water partition coefficient (Wildman–Crippen LogP) is 4.33. The second-order valence-corrected chi connectivity index (χ2v) is 9.34. The Kier molecular flexibility index (Phi) is 6.85. The highest BCUT2D eigenvalue weighted by Gasteiger charge is 2.25. The number of nitrogens with zero attached hydrogens (tertiary/aromatic N) is 3. The second-order valence-electron chi connectivity index (χ2n) is 7.48. The van der Waals surface area contributed by atoms with Crippen LogP contribution in [0.5, 0.6) is 0 Å². The van der Waals surface area contributed by atoms with E-state index in [1.54, 1.807) is 48.5 Å². The smallest absolute Gasteiger partial charge is 0.363 e. The Hall–Kier alpha value is -4.22. The lowest BCUT2D eigenvalue weighted by Crippen LogP contribution is -2.31. The van der Waals surface area contributed by atoms with Gasteiger partial charge in [-0.2, -0.15) is 5.26 Å². The molecule has 0 unspecified atom stereocenters. The fraction of sp³-hybridized carbons (Fsp3) is 0.115. The maximum atomic E-state index is 13.2. The van der Waals surface area contributed by atoms with Gasteiger partial charge in [0.15, 0.2) is 5.70 Å². The quantitative estimate of drug-likeness (QED) is 0.360. The summed E-state index contributed by atoms with van der Waals surface area (Å²) in [6.07, 6.45) is 2.05. The van der Waals surface area contributed by atoms with E-state index in [0.717, 1.165) is 5.56 Å². The van der Waals surface area contributed by atoms with E-state index in [4.69, 9.17) is 10.00 Å². The number of anilines is 1. The van der Waals surface area contributed by atoms with E-state index in [0.29, 0.717) is 23.6 Å². The zero-order valence-electron chi connectivity index (χ0n) is 18.2. The summed E-state index contributed by atoms with van der Waals surface area (Å²) in [5.74, 6) is -0.201. The van der Waals surface area contributed by atoms with E-state index in [9.17, 15) is 13.2 Å². The fourth-order valence-corrected chi connectivity index (χ4v) is 4.94. The zero-order chi connectivity index (χ0) is 24.0. The molecule has 0 spiro atoms. The molecule has 0 bridgehead atoms. The van der Waals surface area contributed by atoms with Crippen molar-refractivity contribution in [2.24, 2.45) is 4.99 Å². The number of esters is 1. The standard InChI is InChI=1S/C26H21N3O4S/c27-16-7-17-29(34(31,32)23-10-5-2-6-11-23)22-14-12-21(13-15-22)18-24-26(30)33-25(28-24)19-20-8-3-1-4-9-20/h1-6,8-15,18H,7,17,19H2/b24-18+. The van der Waals surface area contributed by atoms with Gasteiger partial charge in [-0.15, -0.1) is 0 Å². The van der Waals surface area contributed by atoms with E-state index in [1.807, 2.05) is 36.4 Å². The van der Waals surface area contributed by atoms with Crippen molar-refractivity contribution in [2.45, 2.75) is 17.7 Å². The number of hydrogen-bond donors (Lipinski definition) is 0. The van der Waals surface area contributed by atoms with Crippen LogP contribution >= 0.6 is 0 Å². The normalized spacial score (nSPS) is 14.4. The maximum absolute atomic E-state index is 13.2. The van der Waals surface area contributed by atoms with Crippen LogP contribution in [-0.2, 0) is 26.0 Å². The van der Waals surface area contributed by atoms with Crippen molar-refractivity contribution in [1.82, 2.24) is 0 Å². The van der Waals surface area contributed by atoms with Gasteiger partial charge in [-0.05, 0) is 41.5 Å². The highest BCUT2D eigenvalue weighted by molar-refractivity contribution is 7.92. The highest BCUT2D eigenvalue weighted by atomic mass is 32.2. The largest absolute Gasteiger partial charge is 0.406 e. The number of aliphatic imine (C=N–C) groups is 1. The van der Waals surface area contributed by atoms with Crippen molar-refractivity contribution >= 4 is 33.7 Å². The van der Waals surface area contributed by atoms with Crippen LogP contribution in [0, 0.1) is 11.3 Å². The first-order valence-electron chi connectivity index (χ1n) is 10.6. The Labute approximate surface area is 198 Å². The van der Waals surface area contributed by atoms with Gasteiger partial charge in [0, 0.05) is 13.0 Å². The number of carbonyl (C=O) groups is 1. The maximum Gasteiger partial charge on any atom is 0.363 e. The molecule has 0 fully saturated rings. The van der Waals surface area contributed by atoms with Crippen molar-refractivity contribution in [2.75, 3.05) is 10.8 Å². The van der Waals surface area contributed by atoms with Crippen molar-refractivity contribution in [3.05, 3.63) is 102 Å². The van der Waals surface area contributed by atoms with Gasteiger partial charge in [0.1, 0.15) is 0 Å². The summed E-state index contributed by atoms with van der Waals surface area (Å²) < 4.78 is 32.8. The van der Waals surface area contributed by atoms with Crippen LogP contribution in [-0.4, -0.2) is 26.8 Å². The van der Waals surface area contributed by atoms with Crippen molar-refractivity contribution < 1.29 is 17.9 Å². The van der Waals surface area contributed by atoms with E-state index in [2.05, 4.69) is 4.99 Å². The number of ether oxygens (including phenoxy) is 1. The molecular weight excluding hydrogens is 450 g/mol. The van der Waals surface area contributed by atoms with Crippen LogP contribution in [0.25, 0.3) is 6.08 Å². The molecule has 0 radical (unpaired) electrons. The minimum absolute atomic E-state index is 0.0215. The minimum atomic E-state index is -3.84. The molecule has 4 rings (SSSR count). The van der Waals surface area contributed by atoms with Gasteiger partial charge in [-0.25, -0.2) is 18.2 Å². The molecular formula is C26H21N3O4S. The Balaban J connectivity index is 1.57. The number of hydrogen-bond acceptors (Lipinski definition) is 6. The number of sulfonamides is 1. The minimum Gasteiger partial charge on any atom is -0.406 e. The summed E-state index contributed by atoms with van der Waals surface area (Å²) in [5, 5.41) is 9.01. The molecule has 3 aromatic carbocycles. The number of cyclic esters (lactones) is 1. The van der Waals surface area contributed by atoms with Crippen molar-refractivity contribution in [3.8, 4) is 6.07 Å². The molecule has 3 aromatic rings. The first-order chi connectivity index (χ1) is 16.5. The average molecular weight is 472 g/mol. The summed E-state index contributed by atoms with van der Waals surface area (Å²) in [6.45, 7) is 0.0215. The fourth-order valence-electron chi connectivity index (χ4n) is 3.45. The second kappa shape index (κ2) is 10.1. The predicted molar refractivity (Wildman–Crippen MR) is 129 cm³/mol. The summed E-state index contributed by atoms with van der Waals surface area (Å²) in [6, 6.07) is 26.3. The Morgan fingerprint density at radius 2 is 1.59 bits per heavy atom. The Morgan fingerprint density at radius 3 is 2.24 bits per heavy atom. The van der Waals surface area contributed by atoms with Crippen LogP contribution in [0.15, 0.2) is 101 Å². The monoisotopic (exact) mass is 471 g/mol. The topological polar surface area (TPSA) is 99.8 Å². The molecule has 1 aliphatic rings. The summed E-state index contributed by atoms with van der Waals surface area (Å²) >= 11 is 0. The third-order valence-electron chi connectivity index (χ3n) is 5.11. The molecule has 0 aromatic heterocycles. The van der Waals surface area contributed by atoms with E-state index in [1.165, 1.54) is 16.4 Å². The van der Waals surface area contributed by atoms with Crippen LogP contribution in [0.4, 0.5) is 5.69 Å². The van der Waals surface area contributed by atoms with Crippen molar-refractivity contribution in [3.63, 3.8) is 0 Å². The van der Waals surface area contributed by atoms with Crippen LogP contribution in [0.2, 0.25) is 0 Å². The molecule has 0 aliphatic carbocycles. The summed E-state index contributed by atoms with van der Waals surface area (Å²) in [4.78, 5) is 16.7. The number of nitriles is 1. The third-order valence-corrected chi connectivity index (χ3v) is 6.95. The molecule has 0 saturated heterocycles. The molecule has 1 aliphatic heterocycles. The number of rotatable bonds is 8. The van der Waals surface area contributed by atoms with E-state index < -0.39 is 16.0 Å². The molecule has 0 amide bonds. The lowest BCUT2D eigenvalue weighted by molar-refractivity contribution is -0.130. The number of carbonyl (C=O) groups excluding carboxylic acids is 1. The SMILES string of the molecule is N#CCCN(c1ccc(/C=C2/N=C(Cc3ccccc3)OC2=O)cc1)S(=O)(=O)c1ccccc1. The summed E-state index contributed by atoms with van der Waals surface area (Å²) in [5.41, 5.74) is 2.25. The molecule has 0 saturated carbocycles. The molecule has 34 heavy (non-hydrogen) atoms. The molecule has 0 N–H and O–H groups in total. The van der Waals surface area contributed by atoms with E-state index in [-0.39, 0.29) is 23.6 Å². The lowest BCUT2D eigenvalue weighted by atomic mass is 10.1. The zero-order valence-corrected chi connectivity index (χ0v) is 19.0. The average Bonchev–Trinajstić information content (AvgIpc) is 3.19. The third kappa shape index (κ3) is 5.22. The van der Waals surface area contributed by atoms with Gasteiger partial charge >= 0.3 is 5.97 Å². The van der Waals surface area contributed by atoms with Gasteiger partial charge in [0.2, 0.25) is 5.90 Å². The van der Waals surface area contributed by atoms with E-state index >= 15 is 0 Å². The van der Waals surface area contributed by atoms with Gasteiger partial charge in [-0.3, -0.25) is 4.31 Å². The lowest BCUT2D eigenvalue weighted by Gasteiger charge is -2.23. The Bertz CT molecular complexity index is 1380. The Morgan fingerprint density at radius 1 is 0.941 bits per heavy atom. The molecule has 7 nitrogen and oxygen atoms in total. The molecule has 1 heterocycles. The van der Waals surface area contributed by atoms with Crippen LogP contribution < -0.4 is 4.31 Å². The van der Waals surface area contributed by atoms with Crippen LogP contribution in [0.3, 0.4) is 0 Å². The van der Waals surface area contributed by atoms with Crippen molar-refractivity contribution in [1.29, 1.82) is 5.26 Å². The molecule has 0 atom stereocenters. The van der Waals surface area contributed by atoms with Crippen LogP contribution in [0.1, 0.15) is 17.5 Å². The van der Waals surface area contributed by atoms with Gasteiger partial charge in [0.05, 0.1) is 23.1 Å². The van der Waals surface area contributed by atoms with Gasteiger partial charge in [-0.1, -0.05) is 60.7 Å².